The van der Waals surface area contributed by atoms with Gasteiger partial charge in [0.1, 0.15) is 0 Å². The lowest BCUT2D eigenvalue weighted by molar-refractivity contribution is -0.140. The summed E-state index contributed by atoms with van der Waals surface area (Å²) in [5.41, 5.74) is 0. The van der Waals surface area contributed by atoms with Crippen molar-refractivity contribution in [2.75, 3.05) is 12.9 Å². The SMILES string of the molecule is COC(=O)CCCS(=O)(=O)NC1CCC(O)CC1. The first-order valence-corrected chi connectivity index (χ1v) is 7.83. The molecular formula is C11H21NO5S. The van der Waals surface area contributed by atoms with Crippen LogP contribution in [0.25, 0.3) is 0 Å². The number of methoxy groups -OCH3 is 1. The lowest BCUT2D eigenvalue weighted by Crippen LogP contribution is -2.39. The lowest BCUT2D eigenvalue weighted by Gasteiger charge is -2.25. The van der Waals surface area contributed by atoms with Gasteiger partial charge in [0, 0.05) is 12.5 Å². The lowest BCUT2D eigenvalue weighted by atomic mass is 9.94. The molecule has 0 heterocycles. The Morgan fingerprint density at radius 3 is 2.50 bits per heavy atom. The van der Waals surface area contributed by atoms with E-state index in [9.17, 15) is 18.3 Å². The van der Waals surface area contributed by atoms with Crippen LogP contribution < -0.4 is 4.72 Å². The van der Waals surface area contributed by atoms with Crippen molar-refractivity contribution in [3.63, 3.8) is 0 Å². The van der Waals surface area contributed by atoms with Crippen molar-refractivity contribution in [1.82, 2.24) is 4.72 Å². The zero-order valence-electron chi connectivity index (χ0n) is 10.6. The molecular weight excluding hydrogens is 258 g/mol. The van der Waals surface area contributed by atoms with Gasteiger partial charge in [-0.3, -0.25) is 4.79 Å². The van der Waals surface area contributed by atoms with Crippen molar-refractivity contribution in [2.24, 2.45) is 0 Å². The second-order valence-corrected chi connectivity index (χ2v) is 6.50. The summed E-state index contributed by atoms with van der Waals surface area (Å²) < 4.78 is 30.5. The molecule has 106 valence electrons. The van der Waals surface area contributed by atoms with Crippen molar-refractivity contribution in [3.05, 3.63) is 0 Å². The third-order valence-electron chi connectivity index (χ3n) is 3.06. The fourth-order valence-electron chi connectivity index (χ4n) is 2.02. The summed E-state index contributed by atoms with van der Waals surface area (Å²) in [5.74, 6) is -0.466. The number of carbonyl (C=O) groups is 1. The number of rotatable bonds is 6. The number of carbonyl (C=O) groups excluding carboxylic acids is 1. The summed E-state index contributed by atoms with van der Waals surface area (Å²) in [6.07, 6.45) is 2.67. The minimum Gasteiger partial charge on any atom is -0.469 e. The molecule has 0 aromatic heterocycles. The van der Waals surface area contributed by atoms with E-state index in [0.717, 1.165) is 0 Å². The first-order chi connectivity index (χ1) is 8.43. The van der Waals surface area contributed by atoms with E-state index in [1.165, 1.54) is 7.11 Å². The summed E-state index contributed by atoms with van der Waals surface area (Å²) in [6, 6.07) is -0.0865. The highest BCUT2D eigenvalue weighted by atomic mass is 32.2. The van der Waals surface area contributed by atoms with Gasteiger partial charge in [-0.15, -0.1) is 0 Å². The second kappa shape index (κ2) is 7.06. The van der Waals surface area contributed by atoms with Gasteiger partial charge < -0.3 is 9.84 Å². The molecule has 1 aliphatic rings. The van der Waals surface area contributed by atoms with Crippen LogP contribution in [0.5, 0.6) is 0 Å². The van der Waals surface area contributed by atoms with E-state index in [2.05, 4.69) is 9.46 Å². The molecule has 0 amide bonds. The van der Waals surface area contributed by atoms with E-state index in [1.54, 1.807) is 0 Å². The van der Waals surface area contributed by atoms with E-state index < -0.39 is 16.0 Å². The molecule has 0 saturated heterocycles. The van der Waals surface area contributed by atoms with Crippen LogP contribution >= 0.6 is 0 Å². The molecule has 0 aromatic rings. The number of aliphatic hydroxyl groups is 1. The molecule has 0 spiro atoms. The van der Waals surface area contributed by atoms with E-state index in [4.69, 9.17) is 0 Å². The summed E-state index contributed by atoms with van der Waals surface area (Å²) in [6.45, 7) is 0. The molecule has 0 atom stereocenters. The van der Waals surface area contributed by atoms with Crippen molar-refractivity contribution >= 4 is 16.0 Å². The third-order valence-corrected chi connectivity index (χ3v) is 4.58. The van der Waals surface area contributed by atoms with E-state index in [-0.39, 0.29) is 30.7 Å². The van der Waals surface area contributed by atoms with Crippen molar-refractivity contribution < 1.29 is 23.1 Å². The zero-order chi connectivity index (χ0) is 13.6. The molecule has 1 rings (SSSR count). The molecule has 7 heteroatoms. The van der Waals surface area contributed by atoms with Crippen LogP contribution in [0.2, 0.25) is 0 Å². The van der Waals surface area contributed by atoms with Gasteiger partial charge in [0.15, 0.2) is 0 Å². The molecule has 0 unspecified atom stereocenters. The normalized spacial score (nSPS) is 24.8. The van der Waals surface area contributed by atoms with Crippen molar-refractivity contribution in [1.29, 1.82) is 0 Å². The molecule has 1 fully saturated rings. The Labute approximate surface area is 108 Å². The van der Waals surface area contributed by atoms with Crippen LogP contribution in [0.4, 0.5) is 0 Å². The van der Waals surface area contributed by atoms with E-state index in [1.807, 2.05) is 0 Å². The molecule has 0 aliphatic heterocycles. The van der Waals surface area contributed by atoms with Crippen LogP contribution in [-0.2, 0) is 19.6 Å². The summed E-state index contributed by atoms with van der Waals surface area (Å²) in [7, 11) is -2.06. The maximum absolute atomic E-state index is 11.7. The average Bonchev–Trinajstić information content (AvgIpc) is 2.31. The van der Waals surface area contributed by atoms with Gasteiger partial charge in [-0.25, -0.2) is 13.1 Å². The Hall–Kier alpha value is -0.660. The van der Waals surface area contributed by atoms with E-state index in [0.29, 0.717) is 25.7 Å². The Morgan fingerprint density at radius 2 is 1.94 bits per heavy atom. The molecule has 0 aromatic carbocycles. The van der Waals surface area contributed by atoms with Gasteiger partial charge in [-0.1, -0.05) is 0 Å². The highest BCUT2D eigenvalue weighted by Crippen LogP contribution is 2.19. The molecule has 2 N–H and O–H groups in total. The predicted molar refractivity (Wildman–Crippen MR) is 66.4 cm³/mol. The maximum atomic E-state index is 11.7. The van der Waals surface area contributed by atoms with Crippen LogP contribution in [0.3, 0.4) is 0 Å². The highest BCUT2D eigenvalue weighted by Gasteiger charge is 2.23. The van der Waals surface area contributed by atoms with Crippen LogP contribution in [0, 0.1) is 0 Å². The fourth-order valence-corrected chi connectivity index (χ4v) is 3.40. The number of hydrogen-bond donors (Lipinski definition) is 2. The fraction of sp³-hybridized carbons (Fsp3) is 0.909. The van der Waals surface area contributed by atoms with Gasteiger partial charge >= 0.3 is 5.97 Å². The second-order valence-electron chi connectivity index (χ2n) is 4.62. The first kappa shape index (κ1) is 15.4. The van der Waals surface area contributed by atoms with Gasteiger partial charge in [-0.2, -0.15) is 0 Å². The molecule has 1 saturated carbocycles. The van der Waals surface area contributed by atoms with E-state index >= 15 is 0 Å². The van der Waals surface area contributed by atoms with Crippen LogP contribution in [0.15, 0.2) is 0 Å². The Balaban J connectivity index is 2.29. The number of hydrogen-bond acceptors (Lipinski definition) is 5. The Kier molecular flexibility index (Phi) is 6.04. The van der Waals surface area contributed by atoms with Gasteiger partial charge in [0.2, 0.25) is 10.0 Å². The van der Waals surface area contributed by atoms with Gasteiger partial charge in [-0.05, 0) is 32.1 Å². The van der Waals surface area contributed by atoms with Crippen LogP contribution in [0.1, 0.15) is 38.5 Å². The smallest absolute Gasteiger partial charge is 0.305 e. The summed E-state index contributed by atoms with van der Waals surface area (Å²) in [4.78, 5) is 10.9. The van der Waals surface area contributed by atoms with Crippen molar-refractivity contribution in [2.45, 2.75) is 50.7 Å². The standard InChI is InChI=1S/C11H21NO5S/c1-17-11(14)3-2-8-18(15,16)12-9-4-6-10(13)7-5-9/h9-10,12-13H,2-8H2,1H3. The molecule has 1 aliphatic carbocycles. The minimum atomic E-state index is -3.34. The van der Waals surface area contributed by atoms with Crippen molar-refractivity contribution in [3.8, 4) is 0 Å². The molecule has 0 bridgehead atoms. The van der Waals surface area contributed by atoms with Gasteiger partial charge in [0.05, 0.1) is 19.0 Å². The summed E-state index contributed by atoms with van der Waals surface area (Å²) in [5, 5.41) is 9.33. The maximum Gasteiger partial charge on any atom is 0.305 e. The Morgan fingerprint density at radius 1 is 1.33 bits per heavy atom. The minimum absolute atomic E-state index is 0.0683. The Bertz CT molecular complexity index is 360. The molecule has 0 radical (unpaired) electrons. The van der Waals surface area contributed by atoms with Gasteiger partial charge in [0.25, 0.3) is 0 Å². The largest absolute Gasteiger partial charge is 0.469 e. The number of ether oxygens (including phenoxy) is 1. The average molecular weight is 279 g/mol. The quantitative estimate of drug-likeness (QED) is 0.676. The number of sulfonamides is 1. The highest BCUT2D eigenvalue weighted by molar-refractivity contribution is 7.89. The third kappa shape index (κ3) is 5.79. The zero-order valence-corrected chi connectivity index (χ0v) is 11.4. The van der Waals surface area contributed by atoms with Crippen LogP contribution in [-0.4, -0.2) is 44.5 Å². The first-order valence-electron chi connectivity index (χ1n) is 6.18. The number of nitrogens with one attached hydrogen (secondary N) is 1. The monoisotopic (exact) mass is 279 g/mol. The summed E-state index contributed by atoms with van der Waals surface area (Å²) >= 11 is 0. The number of aliphatic hydroxyl groups excluding tert-OH is 1. The molecule has 18 heavy (non-hydrogen) atoms. The topological polar surface area (TPSA) is 92.7 Å². The predicted octanol–water partition coefficient (Wildman–Crippen LogP) is 0.162. The number of esters is 1. The molecule has 6 nitrogen and oxygen atoms in total.